The van der Waals surface area contributed by atoms with E-state index in [2.05, 4.69) is 95.9 Å². The number of rotatable bonds is 5. The van der Waals surface area contributed by atoms with Crippen LogP contribution in [0.2, 0.25) is 0 Å². The Morgan fingerprint density at radius 3 is 1.91 bits per heavy atom. The van der Waals surface area contributed by atoms with Crippen molar-refractivity contribution in [3.63, 3.8) is 0 Å². The normalized spacial score (nSPS) is 12.0. The maximum Gasteiger partial charge on any atom is 0.227 e. The molecule has 240 valence electrons. The van der Waals surface area contributed by atoms with E-state index < -0.39 is 0 Å². The second-order valence-electron chi connectivity index (χ2n) is 13.9. The van der Waals surface area contributed by atoms with Gasteiger partial charge >= 0.3 is 0 Å². The van der Waals surface area contributed by atoms with Crippen molar-refractivity contribution in [2.24, 2.45) is 0 Å². The number of oxazole rings is 1. The topological polar surface area (TPSA) is 29.3 Å². The Kier molecular flexibility index (Phi) is 7.52. The number of fused-ring (bicyclic) bond motifs is 8. The SMILES string of the molecule is [B]c1c([B])c([B])c(-c2ccc(N(c3ccc4c(c3)-c3ccccc3C4)c3ccc4ccc5ccc6nc(-c7ccccc7)oc6c5c4c3)cc2)c([B])c1[B]. The molecule has 10 radical (unpaired) electrons. The van der Waals surface area contributed by atoms with Crippen LogP contribution in [0.3, 0.4) is 0 Å². The molecule has 10 rings (SSSR count). The van der Waals surface area contributed by atoms with Crippen molar-refractivity contribution in [1.82, 2.24) is 4.98 Å². The van der Waals surface area contributed by atoms with Gasteiger partial charge in [-0.25, -0.2) is 4.98 Å². The second kappa shape index (κ2) is 12.5. The van der Waals surface area contributed by atoms with E-state index in [0.29, 0.717) is 22.4 Å². The molecule has 0 saturated carbocycles. The fourth-order valence-corrected chi connectivity index (χ4v) is 7.99. The van der Waals surface area contributed by atoms with Gasteiger partial charge in [-0.3, -0.25) is 0 Å². The number of hydrogen-bond acceptors (Lipinski definition) is 3. The molecule has 9 aromatic rings. The van der Waals surface area contributed by atoms with E-state index >= 15 is 0 Å². The van der Waals surface area contributed by atoms with E-state index in [1.807, 2.05) is 48.5 Å². The van der Waals surface area contributed by atoms with Crippen molar-refractivity contribution < 1.29 is 4.42 Å². The zero-order valence-corrected chi connectivity index (χ0v) is 29.2. The molecule has 1 aliphatic rings. The van der Waals surface area contributed by atoms with E-state index in [0.717, 1.165) is 67.3 Å². The summed E-state index contributed by atoms with van der Waals surface area (Å²) in [5, 5.41) is 4.25. The van der Waals surface area contributed by atoms with Crippen molar-refractivity contribution in [2.45, 2.75) is 6.42 Å². The van der Waals surface area contributed by atoms with Crippen LogP contribution in [0.25, 0.3) is 66.4 Å². The smallest absolute Gasteiger partial charge is 0.227 e. The fraction of sp³-hybridized carbons (Fsp3) is 0.0217. The van der Waals surface area contributed by atoms with Crippen molar-refractivity contribution in [3.05, 3.63) is 151 Å². The Bertz CT molecular complexity index is 2950. The molecule has 1 heterocycles. The summed E-state index contributed by atoms with van der Waals surface area (Å²) in [6.45, 7) is 0. The Hall–Kier alpha value is -6.13. The predicted molar refractivity (Wildman–Crippen MR) is 230 cm³/mol. The lowest BCUT2D eigenvalue weighted by Crippen LogP contribution is -2.55. The summed E-state index contributed by atoms with van der Waals surface area (Å²) < 4.78 is 6.56. The maximum atomic E-state index is 6.56. The average molecular weight is 676 g/mol. The van der Waals surface area contributed by atoms with Gasteiger partial charge in [0.15, 0.2) is 5.58 Å². The van der Waals surface area contributed by atoms with Crippen LogP contribution in [0.4, 0.5) is 17.1 Å². The highest BCUT2D eigenvalue weighted by molar-refractivity contribution is 6.68. The van der Waals surface area contributed by atoms with E-state index in [-0.39, 0.29) is 16.4 Å². The molecule has 8 aromatic carbocycles. The van der Waals surface area contributed by atoms with Crippen LogP contribution in [0, 0.1) is 0 Å². The first-order valence-electron chi connectivity index (χ1n) is 17.8. The molecule has 0 bridgehead atoms. The van der Waals surface area contributed by atoms with Gasteiger partial charge in [0.2, 0.25) is 5.89 Å². The standard InChI is InChI=1S/C46H25B5N2O/c47-40-39(41(48)43(50)44(51)42(40)49)27-13-17-31(18-14-27)53(32-20-15-30-22-29-8-4-5-9-34(29)35(30)23-32)33-19-12-25-10-11-26-16-21-37-45(38(26)36(25)24-33)54-46(52-37)28-6-2-1-3-7-28/h1-21,23-24H,22H2. The lowest BCUT2D eigenvalue weighted by Gasteiger charge is -2.27. The Balaban J connectivity index is 1.17. The summed E-state index contributed by atoms with van der Waals surface area (Å²) in [6.07, 6.45) is 0.914. The van der Waals surface area contributed by atoms with E-state index in [1.54, 1.807) is 0 Å². The Morgan fingerprint density at radius 2 is 1.11 bits per heavy atom. The summed E-state index contributed by atoms with van der Waals surface area (Å²) in [6, 6.07) is 48.5. The third kappa shape index (κ3) is 5.08. The van der Waals surface area contributed by atoms with Gasteiger partial charge < -0.3 is 9.32 Å². The highest BCUT2D eigenvalue weighted by atomic mass is 16.3. The summed E-state index contributed by atoms with van der Waals surface area (Å²) >= 11 is 0. The minimum absolute atomic E-state index is 0.192. The van der Waals surface area contributed by atoms with Crippen LogP contribution < -0.4 is 32.2 Å². The van der Waals surface area contributed by atoms with Gasteiger partial charge in [0.05, 0.1) is 0 Å². The highest BCUT2D eigenvalue weighted by Crippen LogP contribution is 2.44. The molecule has 1 aromatic heterocycles. The van der Waals surface area contributed by atoms with Gasteiger partial charge in [0.25, 0.3) is 0 Å². The lowest BCUT2D eigenvalue weighted by molar-refractivity contribution is 0.623. The van der Waals surface area contributed by atoms with Crippen molar-refractivity contribution in [1.29, 1.82) is 0 Å². The van der Waals surface area contributed by atoms with Gasteiger partial charge in [-0.15, -0.1) is 16.4 Å². The molecule has 54 heavy (non-hydrogen) atoms. The highest BCUT2D eigenvalue weighted by Gasteiger charge is 2.22. The lowest BCUT2D eigenvalue weighted by atomic mass is 9.60. The largest absolute Gasteiger partial charge is 0.435 e. The molecule has 0 aliphatic heterocycles. The summed E-state index contributed by atoms with van der Waals surface area (Å²) in [4.78, 5) is 7.16. The monoisotopic (exact) mass is 676 g/mol. The summed E-state index contributed by atoms with van der Waals surface area (Å²) in [7, 11) is 31.5. The average Bonchev–Trinajstić information content (AvgIpc) is 3.82. The minimum atomic E-state index is 0.192. The third-order valence-electron chi connectivity index (χ3n) is 10.8. The van der Waals surface area contributed by atoms with Crippen molar-refractivity contribution in [3.8, 4) is 33.7 Å². The van der Waals surface area contributed by atoms with Crippen LogP contribution in [0.15, 0.2) is 144 Å². The molecule has 0 saturated heterocycles. The number of benzene rings is 8. The molecule has 0 fully saturated rings. The molecule has 0 spiro atoms. The van der Waals surface area contributed by atoms with Gasteiger partial charge in [-0.2, -0.15) is 0 Å². The molecule has 0 unspecified atom stereocenters. The zero-order chi connectivity index (χ0) is 36.7. The summed E-state index contributed by atoms with van der Waals surface area (Å²) in [5.74, 6) is 0.595. The summed E-state index contributed by atoms with van der Waals surface area (Å²) in [5.41, 5.74) is 13.2. The Morgan fingerprint density at radius 1 is 0.500 bits per heavy atom. The predicted octanol–water partition coefficient (Wildman–Crippen LogP) is 6.48. The fourth-order valence-electron chi connectivity index (χ4n) is 7.99. The van der Waals surface area contributed by atoms with E-state index in [4.69, 9.17) is 48.6 Å². The molecule has 3 nitrogen and oxygen atoms in total. The van der Waals surface area contributed by atoms with E-state index in [9.17, 15) is 0 Å². The van der Waals surface area contributed by atoms with Crippen molar-refractivity contribution >= 4 is 116 Å². The van der Waals surface area contributed by atoms with Crippen LogP contribution in [0.5, 0.6) is 0 Å². The van der Waals surface area contributed by atoms with Gasteiger partial charge in [0.1, 0.15) is 44.7 Å². The first-order chi connectivity index (χ1) is 26.3. The van der Waals surface area contributed by atoms with Crippen LogP contribution in [0.1, 0.15) is 11.1 Å². The van der Waals surface area contributed by atoms with Crippen LogP contribution in [-0.2, 0) is 6.42 Å². The van der Waals surface area contributed by atoms with E-state index in [1.165, 1.54) is 22.3 Å². The van der Waals surface area contributed by atoms with Gasteiger partial charge in [-0.1, -0.05) is 95.9 Å². The van der Waals surface area contributed by atoms with Crippen LogP contribution >= 0.6 is 0 Å². The molecule has 8 heteroatoms. The quantitative estimate of drug-likeness (QED) is 0.155. The van der Waals surface area contributed by atoms with Crippen LogP contribution in [-0.4, -0.2) is 44.2 Å². The van der Waals surface area contributed by atoms with Crippen molar-refractivity contribution in [2.75, 3.05) is 4.90 Å². The molecular formula is C46H25B5N2O. The number of nitrogens with zero attached hydrogens (tertiary/aromatic N) is 2. The zero-order valence-electron chi connectivity index (χ0n) is 29.2. The first kappa shape index (κ1) is 32.5. The molecular weight excluding hydrogens is 651 g/mol. The molecule has 0 atom stereocenters. The number of hydrogen-bond donors (Lipinski definition) is 0. The van der Waals surface area contributed by atoms with Gasteiger partial charge in [-0.05, 0) is 111 Å². The minimum Gasteiger partial charge on any atom is -0.435 e. The number of anilines is 3. The molecule has 0 amide bonds. The van der Waals surface area contributed by atoms with Gasteiger partial charge in [0, 0.05) is 28.0 Å². The Labute approximate surface area is 320 Å². The number of aromatic nitrogens is 1. The first-order valence-corrected chi connectivity index (χ1v) is 17.8. The maximum absolute atomic E-state index is 6.56. The molecule has 1 aliphatic carbocycles. The second-order valence-corrected chi connectivity index (χ2v) is 13.9. The third-order valence-corrected chi connectivity index (χ3v) is 10.8. The molecule has 0 N–H and O–H groups in total.